The highest BCUT2D eigenvalue weighted by Crippen LogP contribution is 2.34. The zero-order chi connectivity index (χ0) is 16.9. The standard InChI is InChI=1S/C18H22N2O3S/c1-12-10-14(23-20-12)11-24-17-5-3-2-4-15(17)18(22)19-16(8-9-21)13-6-7-13/h2-5,10,13,16,21H,6-9,11H2,1H3,(H,19,22). The zero-order valence-corrected chi connectivity index (χ0v) is 14.5. The molecule has 1 aliphatic rings. The topological polar surface area (TPSA) is 75.4 Å². The molecule has 0 radical (unpaired) electrons. The number of hydrogen-bond donors (Lipinski definition) is 2. The molecule has 1 aromatic heterocycles. The Kier molecular flexibility index (Phi) is 5.58. The number of aliphatic hydroxyl groups is 1. The fraction of sp³-hybridized carbons (Fsp3) is 0.444. The molecule has 1 aliphatic carbocycles. The van der Waals surface area contributed by atoms with Crippen LogP contribution in [-0.4, -0.2) is 28.8 Å². The molecule has 6 heteroatoms. The minimum Gasteiger partial charge on any atom is -0.396 e. The third-order valence-electron chi connectivity index (χ3n) is 4.13. The molecule has 0 saturated heterocycles. The van der Waals surface area contributed by atoms with Crippen molar-refractivity contribution in [1.29, 1.82) is 0 Å². The second kappa shape index (κ2) is 7.85. The van der Waals surface area contributed by atoms with E-state index in [1.807, 2.05) is 37.3 Å². The third-order valence-corrected chi connectivity index (χ3v) is 5.22. The Labute approximate surface area is 145 Å². The van der Waals surface area contributed by atoms with Gasteiger partial charge in [0.1, 0.15) is 5.76 Å². The Morgan fingerprint density at radius 3 is 2.92 bits per heavy atom. The van der Waals surface area contributed by atoms with Crippen LogP contribution in [0.4, 0.5) is 0 Å². The molecule has 1 heterocycles. The summed E-state index contributed by atoms with van der Waals surface area (Å²) < 4.78 is 5.22. The van der Waals surface area contributed by atoms with E-state index in [1.54, 1.807) is 11.8 Å². The molecule has 1 unspecified atom stereocenters. The highest BCUT2D eigenvalue weighted by atomic mass is 32.2. The molecule has 0 bridgehead atoms. The van der Waals surface area contributed by atoms with Crippen LogP contribution in [0.25, 0.3) is 0 Å². The van der Waals surface area contributed by atoms with Crippen molar-refractivity contribution in [2.45, 2.75) is 42.9 Å². The van der Waals surface area contributed by atoms with Crippen LogP contribution in [0.1, 0.15) is 41.1 Å². The first-order chi connectivity index (χ1) is 11.7. The van der Waals surface area contributed by atoms with Gasteiger partial charge in [-0.15, -0.1) is 11.8 Å². The van der Waals surface area contributed by atoms with Crippen LogP contribution < -0.4 is 5.32 Å². The van der Waals surface area contributed by atoms with E-state index in [4.69, 9.17) is 4.52 Å². The molecule has 2 N–H and O–H groups in total. The summed E-state index contributed by atoms with van der Waals surface area (Å²) in [6.07, 6.45) is 2.88. The van der Waals surface area contributed by atoms with E-state index in [2.05, 4.69) is 10.5 Å². The Bertz CT molecular complexity index is 697. The number of hydrogen-bond acceptors (Lipinski definition) is 5. The van der Waals surface area contributed by atoms with Gasteiger partial charge in [0.15, 0.2) is 0 Å². The van der Waals surface area contributed by atoms with Gasteiger partial charge in [0.2, 0.25) is 0 Å². The van der Waals surface area contributed by atoms with Crippen molar-refractivity contribution in [1.82, 2.24) is 10.5 Å². The van der Waals surface area contributed by atoms with E-state index in [1.165, 1.54) is 0 Å². The normalized spacial score (nSPS) is 15.2. The predicted molar refractivity (Wildman–Crippen MR) is 92.9 cm³/mol. The Morgan fingerprint density at radius 2 is 2.25 bits per heavy atom. The summed E-state index contributed by atoms with van der Waals surface area (Å²) in [6, 6.07) is 9.55. The first-order valence-corrected chi connectivity index (χ1v) is 9.21. The van der Waals surface area contributed by atoms with E-state index in [0.29, 0.717) is 23.7 Å². The molecule has 1 aromatic carbocycles. The van der Waals surface area contributed by atoms with E-state index >= 15 is 0 Å². The number of aliphatic hydroxyl groups excluding tert-OH is 1. The first-order valence-electron chi connectivity index (χ1n) is 8.23. The maximum absolute atomic E-state index is 12.7. The lowest BCUT2D eigenvalue weighted by atomic mass is 10.1. The number of benzene rings is 1. The van der Waals surface area contributed by atoms with E-state index < -0.39 is 0 Å². The fourth-order valence-corrected chi connectivity index (χ4v) is 3.65. The average molecular weight is 346 g/mol. The van der Waals surface area contributed by atoms with Gasteiger partial charge in [0, 0.05) is 23.6 Å². The van der Waals surface area contributed by atoms with Gasteiger partial charge in [-0.05, 0) is 44.2 Å². The van der Waals surface area contributed by atoms with Crippen LogP contribution in [0.15, 0.2) is 39.8 Å². The minimum absolute atomic E-state index is 0.0671. The molecule has 3 rings (SSSR count). The maximum atomic E-state index is 12.7. The highest BCUT2D eigenvalue weighted by molar-refractivity contribution is 7.98. The molecule has 0 aliphatic heterocycles. The summed E-state index contributed by atoms with van der Waals surface area (Å²) in [5.41, 5.74) is 1.52. The summed E-state index contributed by atoms with van der Waals surface area (Å²) in [6.45, 7) is 1.99. The second-order valence-corrected chi connectivity index (χ2v) is 7.17. The quantitative estimate of drug-likeness (QED) is 0.718. The van der Waals surface area contributed by atoms with Crippen LogP contribution in [0.5, 0.6) is 0 Å². The molecule has 0 spiro atoms. The number of nitrogens with one attached hydrogen (secondary N) is 1. The van der Waals surface area contributed by atoms with Crippen molar-refractivity contribution in [3.05, 3.63) is 47.3 Å². The van der Waals surface area contributed by atoms with Gasteiger partial charge < -0.3 is 14.9 Å². The van der Waals surface area contributed by atoms with Crippen LogP contribution in [0.2, 0.25) is 0 Å². The van der Waals surface area contributed by atoms with Crippen molar-refractivity contribution >= 4 is 17.7 Å². The van der Waals surface area contributed by atoms with Gasteiger partial charge in [0.05, 0.1) is 17.0 Å². The molecule has 1 atom stereocenters. The molecule has 24 heavy (non-hydrogen) atoms. The van der Waals surface area contributed by atoms with Crippen molar-refractivity contribution in [3.63, 3.8) is 0 Å². The van der Waals surface area contributed by atoms with Crippen molar-refractivity contribution < 1.29 is 14.4 Å². The lowest BCUT2D eigenvalue weighted by Gasteiger charge is -2.18. The lowest BCUT2D eigenvalue weighted by molar-refractivity contribution is 0.0921. The lowest BCUT2D eigenvalue weighted by Crippen LogP contribution is -2.37. The summed E-state index contributed by atoms with van der Waals surface area (Å²) in [4.78, 5) is 13.6. The third kappa shape index (κ3) is 4.39. The number of nitrogens with zero attached hydrogens (tertiary/aromatic N) is 1. The van der Waals surface area contributed by atoms with E-state index in [-0.39, 0.29) is 18.6 Å². The highest BCUT2D eigenvalue weighted by Gasteiger charge is 2.32. The molecule has 1 amide bonds. The SMILES string of the molecule is Cc1cc(CSc2ccccc2C(=O)NC(CCO)C2CC2)on1. The van der Waals surface area contributed by atoms with Gasteiger partial charge in [-0.25, -0.2) is 0 Å². The second-order valence-electron chi connectivity index (χ2n) is 6.15. The Hall–Kier alpha value is -1.79. The summed E-state index contributed by atoms with van der Waals surface area (Å²) in [5.74, 6) is 1.87. The Morgan fingerprint density at radius 1 is 1.46 bits per heavy atom. The summed E-state index contributed by atoms with van der Waals surface area (Å²) in [7, 11) is 0. The van der Waals surface area contributed by atoms with Gasteiger partial charge in [-0.2, -0.15) is 0 Å². The number of aryl methyl sites for hydroxylation is 1. The van der Waals surface area contributed by atoms with Gasteiger partial charge in [-0.3, -0.25) is 4.79 Å². The smallest absolute Gasteiger partial charge is 0.252 e. The van der Waals surface area contributed by atoms with Crippen molar-refractivity contribution in [3.8, 4) is 0 Å². The Balaban J connectivity index is 1.67. The zero-order valence-electron chi connectivity index (χ0n) is 13.7. The molecular weight excluding hydrogens is 324 g/mol. The molecule has 5 nitrogen and oxygen atoms in total. The summed E-state index contributed by atoms with van der Waals surface area (Å²) in [5, 5.41) is 16.2. The number of amides is 1. The average Bonchev–Trinajstić information content (AvgIpc) is 3.35. The maximum Gasteiger partial charge on any atom is 0.252 e. The molecular formula is C18H22N2O3S. The number of aromatic nitrogens is 1. The molecule has 2 aromatic rings. The number of carbonyl (C=O) groups is 1. The summed E-state index contributed by atoms with van der Waals surface area (Å²) >= 11 is 1.56. The van der Waals surface area contributed by atoms with E-state index in [9.17, 15) is 9.90 Å². The number of thioether (sulfide) groups is 1. The molecule has 1 fully saturated rings. The van der Waals surface area contributed by atoms with Crippen LogP contribution in [0.3, 0.4) is 0 Å². The van der Waals surface area contributed by atoms with Crippen LogP contribution in [-0.2, 0) is 5.75 Å². The number of carbonyl (C=O) groups excluding carboxylic acids is 1. The fourth-order valence-electron chi connectivity index (χ4n) is 2.72. The van der Waals surface area contributed by atoms with Crippen LogP contribution in [0, 0.1) is 12.8 Å². The monoisotopic (exact) mass is 346 g/mol. The molecule has 128 valence electrons. The predicted octanol–water partition coefficient (Wildman–Crippen LogP) is 3.17. The van der Waals surface area contributed by atoms with E-state index in [0.717, 1.165) is 29.2 Å². The van der Waals surface area contributed by atoms with Gasteiger partial charge in [0.25, 0.3) is 5.91 Å². The largest absolute Gasteiger partial charge is 0.396 e. The van der Waals surface area contributed by atoms with Crippen LogP contribution >= 0.6 is 11.8 Å². The molecule has 1 saturated carbocycles. The van der Waals surface area contributed by atoms with Crippen molar-refractivity contribution in [2.75, 3.05) is 6.61 Å². The first kappa shape index (κ1) is 17.0. The number of rotatable bonds is 8. The minimum atomic E-state index is -0.0720. The van der Waals surface area contributed by atoms with Gasteiger partial charge in [-0.1, -0.05) is 17.3 Å². The van der Waals surface area contributed by atoms with Crippen molar-refractivity contribution in [2.24, 2.45) is 5.92 Å². The van der Waals surface area contributed by atoms with Gasteiger partial charge >= 0.3 is 0 Å².